The zero-order valence-corrected chi connectivity index (χ0v) is 18.0. The predicted molar refractivity (Wildman–Crippen MR) is 123 cm³/mol. The number of hydrogen-bond donors (Lipinski definition) is 1. The number of fused-ring (bicyclic) bond motifs is 1. The van der Waals surface area contributed by atoms with Gasteiger partial charge in [-0.05, 0) is 41.8 Å². The van der Waals surface area contributed by atoms with Gasteiger partial charge in [-0.25, -0.2) is 0 Å². The van der Waals surface area contributed by atoms with Crippen LogP contribution in [-0.2, 0) is 0 Å². The van der Waals surface area contributed by atoms with E-state index in [1.54, 1.807) is 6.92 Å². The summed E-state index contributed by atoms with van der Waals surface area (Å²) in [6.07, 6.45) is 0. The van der Waals surface area contributed by atoms with Crippen LogP contribution >= 0.6 is 11.6 Å². The number of nitrogens with zero attached hydrogens (tertiary/aromatic N) is 2. The minimum absolute atomic E-state index is 0.0731. The van der Waals surface area contributed by atoms with Gasteiger partial charge in [-0.1, -0.05) is 77.4 Å². The third-order valence-electron chi connectivity index (χ3n) is 6.06. The Kier molecular flexibility index (Phi) is 5.15. The Bertz CT molecular complexity index is 1270. The fourth-order valence-corrected chi connectivity index (χ4v) is 4.80. The first-order valence-corrected chi connectivity index (χ1v) is 10.7. The Labute approximate surface area is 190 Å². The van der Waals surface area contributed by atoms with Crippen molar-refractivity contribution in [3.63, 3.8) is 0 Å². The average molecular weight is 446 g/mol. The first-order chi connectivity index (χ1) is 15.5. The van der Waals surface area contributed by atoms with E-state index in [0.29, 0.717) is 5.02 Å². The molecule has 4 aromatic rings. The van der Waals surface area contributed by atoms with Crippen LogP contribution in [0.3, 0.4) is 0 Å². The number of aryl methyl sites for hydroxylation is 1. The van der Waals surface area contributed by atoms with Gasteiger partial charge in [0.15, 0.2) is 5.69 Å². The van der Waals surface area contributed by atoms with E-state index in [1.165, 1.54) is 0 Å². The van der Waals surface area contributed by atoms with Crippen LogP contribution < -0.4 is 5.32 Å². The van der Waals surface area contributed by atoms with E-state index in [9.17, 15) is 10.1 Å². The Hall–Kier alpha value is -3.64. The van der Waals surface area contributed by atoms with Gasteiger partial charge in [-0.15, -0.1) is 0 Å². The zero-order valence-electron chi connectivity index (χ0n) is 17.2. The van der Waals surface area contributed by atoms with E-state index in [2.05, 4.69) is 10.5 Å². The van der Waals surface area contributed by atoms with Crippen molar-refractivity contribution < 1.29 is 9.45 Å². The molecule has 0 unspecified atom stereocenters. The molecule has 5 rings (SSSR count). The molecule has 1 N–H and O–H groups in total. The standard InChI is InChI=1S/C25H20ClN3O3/c1-15-24(29(30)31)25(32-28-15)22-21(16-11-13-18(26)14-12-16)19-9-5-6-10-20(19)27-23(22)17-7-3-2-4-8-17/h2-14,21-23,27H,1H3/t21-,22+,23+/m1/s1. The minimum Gasteiger partial charge on any atom is -0.377 e. The molecule has 1 aliphatic heterocycles. The molecule has 0 radical (unpaired) electrons. The van der Waals surface area contributed by atoms with Crippen LogP contribution in [-0.4, -0.2) is 10.1 Å². The summed E-state index contributed by atoms with van der Waals surface area (Å²) in [5.74, 6) is -0.348. The number of anilines is 1. The summed E-state index contributed by atoms with van der Waals surface area (Å²) in [4.78, 5) is 11.6. The van der Waals surface area contributed by atoms with Gasteiger partial charge in [0.1, 0.15) is 0 Å². The fraction of sp³-hybridized carbons (Fsp3) is 0.160. The largest absolute Gasteiger partial charge is 0.377 e. The predicted octanol–water partition coefficient (Wildman–Crippen LogP) is 6.63. The maximum atomic E-state index is 12.0. The van der Waals surface area contributed by atoms with Crippen LogP contribution in [0.5, 0.6) is 0 Å². The Morgan fingerprint density at radius 3 is 2.38 bits per heavy atom. The molecule has 1 aliphatic rings. The number of halogens is 1. The molecule has 160 valence electrons. The van der Waals surface area contributed by atoms with E-state index < -0.39 is 10.8 Å². The number of para-hydroxylation sites is 1. The summed E-state index contributed by atoms with van der Waals surface area (Å²) in [5, 5.41) is 20.2. The number of nitro groups is 1. The smallest absolute Gasteiger partial charge is 0.334 e. The first kappa shape index (κ1) is 20.3. The van der Waals surface area contributed by atoms with Crippen LogP contribution in [0.1, 0.15) is 46.0 Å². The minimum atomic E-state index is -0.407. The number of hydrogen-bond acceptors (Lipinski definition) is 5. The lowest BCUT2D eigenvalue weighted by atomic mass is 9.70. The third kappa shape index (κ3) is 3.42. The molecule has 3 aromatic carbocycles. The molecule has 0 aliphatic carbocycles. The number of nitrogens with one attached hydrogen (secondary N) is 1. The highest BCUT2D eigenvalue weighted by molar-refractivity contribution is 6.30. The van der Waals surface area contributed by atoms with Gasteiger partial charge in [-0.2, -0.15) is 0 Å². The van der Waals surface area contributed by atoms with Crippen molar-refractivity contribution in [2.75, 3.05) is 5.32 Å². The van der Waals surface area contributed by atoms with Gasteiger partial charge in [0.25, 0.3) is 0 Å². The summed E-state index contributed by atoms with van der Waals surface area (Å²) in [5.41, 5.74) is 4.22. The second-order valence-corrected chi connectivity index (χ2v) is 8.35. The molecule has 7 heteroatoms. The molecule has 0 saturated carbocycles. The van der Waals surface area contributed by atoms with Crippen molar-refractivity contribution in [2.45, 2.75) is 24.8 Å². The number of benzene rings is 3. The summed E-state index contributed by atoms with van der Waals surface area (Å²) in [7, 11) is 0. The topological polar surface area (TPSA) is 81.2 Å². The van der Waals surface area contributed by atoms with Crippen LogP contribution in [0.4, 0.5) is 11.4 Å². The van der Waals surface area contributed by atoms with Crippen LogP contribution in [0.15, 0.2) is 83.4 Å². The molecular formula is C25H20ClN3O3. The lowest BCUT2D eigenvalue weighted by molar-refractivity contribution is -0.386. The second kappa shape index (κ2) is 8.13. The molecule has 0 saturated heterocycles. The molecule has 0 spiro atoms. The highest BCUT2D eigenvalue weighted by Gasteiger charge is 2.45. The SMILES string of the molecule is Cc1noc([C@H]2[C@H](c3ccc(Cl)cc3)c3ccccc3N[C@H]2c2ccccc2)c1[N+](=O)[O-]. The van der Waals surface area contributed by atoms with Gasteiger partial charge in [0, 0.05) is 16.6 Å². The fourth-order valence-electron chi connectivity index (χ4n) is 4.68. The monoisotopic (exact) mass is 445 g/mol. The van der Waals surface area contributed by atoms with Gasteiger partial charge in [0.2, 0.25) is 5.76 Å². The Balaban J connectivity index is 1.79. The van der Waals surface area contributed by atoms with Crippen molar-refractivity contribution in [1.82, 2.24) is 5.16 Å². The summed E-state index contributed by atoms with van der Waals surface area (Å²) >= 11 is 6.17. The highest BCUT2D eigenvalue weighted by atomic mass is 35.5. The van der Waals surface area contributed by atoms with Gasteiger partial charge < -0.3 is 9.84 Å². The quantitative estimate of drug-likeness (QED) is 0.281. The van der Waals surface area contributed by atoms with E-state index in [1.807, 2.05) is 78.9 Å². The maximum absolute atomic E-state index is 12.0. The Morgan fingerprint density at radius 1 is 0.969 bits per heavy atom. The molecule has 32 heavy (non-hydrogen) atoms. The van der Waals surface area contributed by atoms with Gasteiger partial charge >= 0.3 is 5.69 Å². The highest BCUT2D eigenvalue weighted by Crippen LogP contribution is 2.54. The van der Waals surface area contributed by atoms with Crippen molar-refractivity contribution in [2.24, 2.45) is 0 Å². The van der Waals surface area contributed by atoms with E-state index >= 15 is 0 Å². The van der Waals surface area contributed by atoms with Crippen molar-refractivity contribution in [3.8, 4) is 0 Å². The first-order valence-electron chi connectivity index (χ1n) is 10.3. The zero-order chi connectivity index (χ0) is 22.2. The molecule has 0 bridgehead atoms. The summed E-state index contributed by atoms with van der Waals surface area (Å²) in [6, 6.07) is 25.3. The number of aromatic nitrogens is 1. The maximum Gasteiger partial charge on any atom is 0.334 e. The molecule has 6 nitrogen and oxygen atoms in total. The average Bonchev–Trinajstić information content (AvgIpc) is 3.20. The van der Waals surface area contributed by atoms with Crippen molar-refractivity contribution >= 4 is 23.0 Å². The van der Waals surface area contributed by atoms with E-state index in [4.69, 9.17) is 16.1 Å². The molecule has 1 aromatic heterocycles. The molecule has 0 amide bonds. The normalized spacial score (nSPS) is 19.8. The third-order valence-corrected chi connectivity index (χ3v) is 6.31. The van der Waals surface area contributed by atoms with Crippen molar-refractivity contribution in [3.05, 3.63) is 122 Å². The summed E-state index contributed by atoms with van der Waals surface area (Å²) in [6.45, 7) is 1.60. The second-order valence-electron chi connectivity index (χ2n) is 7.91. The van der Waals surface area contributed by atoms with Gasteiger partial charge in [-0.3, -0.25) is 10.1 Å². The molecule has 2 heterocycles. The van der Waals surface area contributed by atoms with E-state index in [0.717, 1.165) is 22.4 Å². The number of rotatable bonds is 4. The summed E-state index contributed by atoms with van der Waals surface area (Å²) < 4.78 is 5.68. The molecule has 3 atom stereocenters. The van der Waals surface area contributed by atoms with Crippen LogP contribution in [0, 0.1) is 17.0 Å². The van der Waals surface area contributed by atoms with Gasteiger partial charge in [0.05, 0.1) is 16.9 Å². The molecular weight excluding hydrogens is 426 g/mol. The lowest BCUT2D eigenvalue weighted by Gasteiger charge is -2.40. The van der Waals surface area contributed by atoms with Crippen molar-refractivity contribution in [1.29, 1.82) is 0 Å². The Morgan fingerprint density at radius 2 is 1.66 bits per heavy atom. The van der Waals surface area contributed by atoms with E-state index in [-0.39, 0.29) is 29.1 Å². The molecule has 0 fully saturated rings. The lowest BCUT2D eigenvalue weighted by Crippen LogP contribution is -2.31. The van der Waals surface area contributed by atoms with Crippen LogP contribution in [0.2, 0.25) is 5.02 Å². The van der Waals surface area contributed by atoms with Crippen LogP contribution in [0.25, 0.3) is 0 Å².